The average molecular weight is 276 g/mol. The van der Waals surface area contributed by atoms with E-state index in [1.807, 2.05) is 0 Å². The molecule has 1 fully saturated rings. The third-order valence-electron chi connectivity index (χ3n) is 3.46. The van der Waals surface area contributed by atoms with Gasteiger partial charge in [-0.1, -0.05) is 18.9 Å². The van der Waals surface area contributed by atoms with Crippen LogP contribution in [0.1, 0.15) is 46.0 Å². The molecule has 0 bridgehead atoms. The van der Waals surface area contributed by atoms with Gasteiger partial charge in [-0.3, -0.25) is 4.57 Å². The molecule has 0 spiro atoms. The van der Waals surface area contributed by atoms with Gasteiger partial charge in [0, 0.05) is 0 Å². The van der Waals surface area contributed by atoms with Crippen molar-refractivity contribution in [3.8, 4) is 0 Å². The third kappa shape index (κ3) is 3.45. The smallest absolute Gasteiger partial charge is 0.336 e. The van der Waals surface area contributed by atoms with Gasteiger partial charge in [0.1, 0.15) is 0 Å². The lowest BCUT2D eigenvalue weighted by atomic mass is 9.82. The molecule has 0 aromatic carbocycles. The highest BCUT2D eigenvalue weighted by molar-refractivity contribution is 7.54. The molecule has 0 unspecified atom stereocenters. The van der Waals surface area contributed by atoms with Gasteiger partial charge in [-0.05, 0) is 33.1 Å². The zero-order chi connectivity index (χ0) is 13.6. The highest BCUT2D eigenvalue weighted by Crippen LogP contribution is 2.60. The first-order valence-corrected chi connectivity index (χ1v) is 8.35. The molecule has 1 N–H and O–H groups in total. The summed E-state index contributed by atoms with van der Waals surface area (Å²) in [5.74, 6) is 0. The SMILES string of the molecule is C=CC[C@@]1(O)CCCC[C@H]1P(=O)(OCC)OCC. The van der Waals surface area contributed by atoms with Crippen molar-refractivity contribution in [3.05, 3.63) is 12.7 Å². The molecule has 2 atom stereocenters. The summed E-state index contributed by atoms with van der Waals surface area (Å²) >= 11 is 0. The van der Waals surface area contributed by atoms with Gasteiger partial charge < -0.3 is 14.2 Å². The molecule has 0 saturated heterocycles. The standard InChI is InChI=1S/C13H25O4P/c1-4-10-13(14)11-8-7-9-12(13)18(15,16-5-2)17-6-3/h4,12,14H,1,5-11H2,2-3H3/t12-,13-/m1/s1. The van der Waals surface area contributed by atoms with E-state index in [4.69, 9.17) is 9.05 Å². The molecule has 0 aromatic rings. The lowest BCUT2D eigenvalue weighted by molar-refractivity contribution is 0.000273. The molecule has 1 rings (SSSR count). The van der Waals surface area contributed by atoms with Crippen molar-refractivity contribution < 1.29 is 18.7 Å². The van der Waals surface area contributed by atoms with Crippen molar-refractivity contribution in [2.24, 2.45) is 0 Å². The highest BCUT2D eigenvalue weighted by Gasteiger charge is 2.50. The van der Waals surface area contributed by atoms with E-state index < -0.39 is 18.9 Å². The van der Waals surface area contributed by atoms with Crippen molar-refractivity contribution in [2.75, 3.05) is 13.2 Å². The average Bonchev–Trinajstić information content (AvgIpc) is 2.30. The normalized spacial score (nSPS) is 29.2. The van der Waals surface area contributed by atoms with E-state index in [2.05, 4.69) is 6.58 Å². The van der Waals surface area contributed by atoms with Crippen LogP contribution in [-0.4, -0.2) is 29.6 Å². The summed E-state index contributed by atoms with van der Waals surface area (Å²) in [4.78, 5) is 0. The fraction of sp³-hybridized carbons (Fsp3) is 0.846. The van der Waals surface area contributed by atoms with E-state index in [1.54, 1.807) is 19.9 Å². The number of hydrogen-bond acceptors (Lipinski definition) is 4. The maximum Gasteiger partial charge on any atom is 0.336 e. The van der Waals surface area contributed by atoms with Gasteiger partial charge in [-0.2, -0.15) is 0 Å². The summed E-state index contributed by atoms with van der Waals surface area (Å²) in [6, 6.07) is 0. The van der Waals surface area contributed by atoms with Gasteiger partial charge in [0.05, 0.1) is 24.5 Å². The molecule has 4 nitrogen and oxygen atoms in total. The van der Waals surface area contributed by atoms with Crippen LogP contribution in [0.2, 0.25) is 0 Å². The second-order valence-corrected chi connectivity index (χ2v) is 6.95. The predicted molar refractivity (Wildman–Crippen MR) is 72.9 cm³/mol. The van der Waals surface area contributed by atoms with E-state index in [1.165, 1.54) is 0 Å². The first-order chi connectivity index (χ1) is 8.52. The van der Waals surface area contributed by atoms with E-state index in [0.717, 1.165) is 12.8 Å². The Morgan fingerprint density at radius 3 is 2.50 bits per heavy atom. The molecule has 5 heteroatoms. The highest BCUT2D eigenvalue weighted by atomic mass is 31.2. The van der Waals surface area contributed by atoms with Gasteiger partial charge in [-0.25, -0.2) is 0 Å². The van der Waals surface area contributed by atoms with Crippen molar-refractivity contribution in [1.29, 1.82) is 0 Å². The Morgan fingerprint density at radius 2 is 2.00 bits per heavy atom. The minimum absolute atomic E-state index is 0.331. The second kappa shape index (κ2) is 6.85. The largest absolute Gasteiger partial charge is 0.389 e. The third-order valence-corrected chi connectivity index (χ3v) is 6.19. The van der Waals surface area contributed by atoms with E-state index >= 15 is 0 Å². The molecule has 18 heavy (non-hydrogen) atoms. The summed E-state index contributed by atoms with van der Waals surface area (Å²) in [6.45, 7) is 7.93. The molecule has 1 aliphatic carbocycles. The maximum absolute atomic E-state index is 12.8. The van der Waals surface area contributed by atoms with E-state index in [0.29, 0.717) is 32.5 Å². The van der Waals surface area contributed by atoms with Crippen LogP contribution in [-0.2, 0) is 13.6 Å². The second-order valence-electron chi connectivity index (χ2n) is 4.73. The maximum atomic E-state index is 12.8. The van der Waals surface area contributed by atoms with Crippen LogP contribution in [0.5, 0.6) is 0 Å². The van der Waals surface area contributed by atoms with Crippen LogP contribution in [0, 0.1) is 0 Å². The van der Waals surface area contributed by atoms with Crippen LogP contribution >= 0.6 is 7.60 Å². The number of hydrogen-bond donors (Lipinski definition) is 1. The van der Waals surface area contributed by atoms with Crippen molar-refractivity contribution in [2.45, 2.75) is 57.2 Å². The lowest BCUT2D eigenvalue weighted by Gasteiger charge is -2.42. The Hall–Kier alpha value is -0.150. The van der Waals surface area contributed by atoms with Gasteiger partial charge in [0.15, 0.2) is 0 Å². The zero-order valence-corrected chi connectivity index (χ0v) is 12.3. The molecule has 1 saturated carbocycles. The van der Waals surface area contributed by atoms with Gasteiger partial charge >= 0.3 is 7.60 Å². The topological polar surface area (TPSA) is 55.8 Å². The lowest BCUT2D eigenvalue weighted by Crippen LogP contribution is -2.45. The van der Waals surface area contributed by atoms with Gasteiger partial charge in [-0.15, -0.1) is 6.58 Å². The summed E-state index contributed by atoms with van der Waals surface area (Å²) in [6.07, 6.45) is 5.32. The van der Waals surface area contributed by atoms with Crippen molar-refractivity contribution in [1.82, 2.24) is 0 Å². The van der Waals surface area contributed by atoms with Crippen LogP contribution in [0.15, 0.2) is 12.7 Å². The Morgan fingerprint density at radius 1 is 1.39 bits per heavy atom. The minimum atomic E-state index is -3.24. The van der Waals surface area contributed by atoms with E-state index in [9.17, 15) is 9.67 Å². The molecular formula is C13H25O4P. The summed E-state index contributed by atoms with van der Waals surface area (Å²) in [5, 5.41) is 10.7. The van der Waals surface area contributed by atoms with Crippen LogP contribution < -0.4 is 0 Å². The summed E-state index contributed by atoms with van der Waals surface area (Å²) in [5.41, 5.74) is -1.43. The molecule has 0 amide bonds. The Kier molecular flexibility index (Phi) is 6.06. The quantitative estimate of drug-likeness (QED) is 0.571. The molecular weight excluding hydrogens is 251 g/mol. The van der Waals surface area contributed by atoms with Crippen molar-refractivity contribution in [3.63, 3.8) is 0 Å². The Labute approximate surface area is 110 Å². The fourth-order valence-electron chi connectivity index (χ4n) is 2.72. The Bertz CT molecular complexity index is 308. The first kappa shape index (κ1) is 15.9. The van der Waals surface area contributed by atoms with Gasteiger partial charge in [0.25, 0.3) is 0 Å². The van der Waals surface area contributed by atoms with Crippen molar-refractivity contribution >= 4 is 7.60 Å². The van der Waals surface area contributed by atoms with Crippen LogP contribution in [0.25, 0.3) is 0 Å². The van der Waals surface area contributed by atoms with Crippen LogP contribution in [0.3, 0.4) is 0 Å². The van der Waals surface area contributed by atoms with Crippen LogP contribution in [0.4, 0.5) is 0 Å². The first-order valence-electron chi connectivity index (χ1n) is 6.74. The predicted octanol–water partition coefficient (Wildman–Crippen LogP) is 3.50. The molecule has 1 aliphatic rings. The fourth-order valence-corrected chi connectivity index (χ4v) is 5.20. The number of rotatable bonds is 7. The molecule has 0 radical (unpaired) electrons. The molecule has 0 aromatic heterocycles. The summed E-state index contributed by atoms with van der Waals surface area (Å²) in [7, 11) is -3.24. The summed E-state index contributed by atoms with van der Waals surface area (Å²) < 4.78 is 23.6. The molecule has 0 aliphatic heterocycles. The van der Waals surface area contributed by atoms with Gasteiger partial charge in [0.2, 0.25) is 0 Å². The zero-order valence-electron chi connectivity index (χ0n) is 11.4. The molecule has 106 valence electrons. The van der Waals surface area contributed by atoms with E-state index in [-0.39, 0.29) is 0 Å². The molecule has 0 heterocycles. The monoisotopic (exact) mass is 276 g/mol. The number of aliphatic hydroxyl groups is 1. The Balaban J connectivity index is 2.98. The minimum Gasteiger partial charge on any atom is -0.389 e.